The van der Waals surface area contributed by atoms with E-state index in [-0.39, 0.29) is 11.5 Å². The molecular formula is C13H16F4O2. The second-order valence-corrected chi connectivity index (χ2v) is 4.44. The number of benzene rings is 1. The number of halogens is 4. The number of aliphatic hydroxyl groups is 1. The minimum absolute atomic E-state index is 0.0531. The van der Waals surface area contributed by atoms with Crippen LogP contribution in [0.2, 0.25) is 0 Å². The SMILES string of the molecule is COCCC(C)C(O)c1ccc(F)c(C(F)(F)F)c1. The Morgan fingerprint density at radius 3 is 2.47 bits per heavy atom. The maximum absolute atomic E-state index is 13.1. The van der Waals surface area contributed by atoms with Crippen LogP contribution in [0.3, 0.4) is 0 Å². The van der Waals surface area contributed by atoms with Crippen molar-refractivity contribution in [1.82, 2.24) is 0 Å². The van der Waals surface area contributed by atoms with Gasteiger partial charge in [0.2, 0.25) is 0 Å². The lowest BCUT2D eigenvalue weighted by atomic mass is 9.93. The van der Waals surface area contributed by atoms with Gasteiger partial charge in [-0.1, -0.05) is 13.0 Å². The summed E-state index contributed by atoms with van der Waals surface area (Å²) in [5.41, 5.74) is -1.31. The van der Waals surface area contributed by atoms with Crippen molar-refractivity contribution in [2.75, 3.05) is 13.7 Å². The fourth-order valence-electron chi connectivity index (χ4n) is 1.73. The Balaban J connectivity index is 2.95. The maximum atomic E-state index is 13.1. The van der Waals surface area contributed by atoms with E-state index in [9.17, 15) is 22.7 Å². The summed E-state index contributed by atoms with van der Waals surface area (Å²) in [4.78, 5) is 0. The number of hydrogen-bond donors (Lipinski definition) is 1. The molecule has 2 unspecified atom stereocenters. The number of methoxy groups -OCH3 is 1. The van der Waals surface area contributed by atoms with Gasteiger partial charge in [-0.25, -0.2) is 4.39 Å². The lowest BCUT2D eigenvalue weighted by Crippen LogP contribution is -2.14. The summed E-state index contributed by atoms with van der Waals surface area (Å²) in [6.07, 6.45) is -5.36. The molecule has 0 amide bonds. The molecule has 0 fully saturated rings. The van der Waals surface area contributed by atoms with Crippen molar-refractivity contribution in [3.63, 3.8) is 0 Å². The Hall–Kier alpha value is -1.14. The molecule has 1 N–H and O–H groups in total. The fraction of sp³-hybridized carbons (Fsp3) is 0.538. The van der Waals surface area contributed by atoms with Gasteiger partial charge in [-0.2, -0.15) is 13.2 Å². The van der Waals surface area contributed by atoms with Crippen molar-refractivity contribution >= 4 is 0 Å². The smallest absolute Gasteiger partial charge is 0.388 e. The van der Waals surface area contributed by atoms with Crippen molar-refractivity contribution in [2.45, 2.75) is 25.6 Å². The monoisotopic (exact) mass is 280 g/mol. The summed E-state index contributed by atoms with van der Waals surface area (Å²) in [6, 6.07) is 2.55. The highest BCUT2D eigenvalue weighted by molar-refractivity contribution is 5.29. The third-order valence-electron chi connectivity index (χ3n) is 2.95. The van der Waals surface area contributed by atoms with Crippen molar-refractivity contribution in [3.05, 3.63) is 35.1 Å². The van der Waals surface area contributed by atoms with Crippen molar-refractivity contribution in [2.24, 2.45) is 5.92 Å². The normalized spacial score (nSPS) is 15.3. The maximum Gasteiger partial charge on any atom is 0.419 e. The molecule has 0 aliphatic carbocycles. The Bertz CT molecular complexity index is 418. The molecule has 2 atom stereocenters. The molecule has 108 valence electrons. The predicted octanol–water partition coefficient (Wildman–Crippen LogP) is 3.55. The van der Waals surface area contributed by atoms with E-state index >= 15 is 0 Å². The molecule has 0 aliphatic heterocycles. The first-order valence-electron chi connectivity index (χ1n) is 5.81. The first-order valence-corrected chi connectivity index (χ1v) is 5.81. The molecule has 2 nitrogen and oxygen atoms in total. The van der Waals surface area contributed by atoms with Crippen LogP contribution in [0.4, 0.5) is 17.6 Å². The molecule has 1 rings (SSSR count). The minimum atomic E-state index is -4.77. The molecule has 0 bridgehead atoms. The van der Waals surface area contributed by atoms with Crippen LogP contribution in [0.15, 0.2) is 18.2 Å². The zero-order valence-electron chi connectivity index (χ0n) is 10.7. The van der Waals surface area contributed by atoms with Crippen LogP contribution in [0.1, 0.15) is 30.6 Å². The van der Waals surface area contributed by atoms with Crippen LogP contribution in [-0.4, -0.2) is 18.8 Å². The lowest BCUT2D eigenvalue weighted by Gasteiger charge is -2.20. The predicted molar refractivity (Wildman–Crippen MR) is 62.0 cm³/mol. The van der Waals surface area contributed by atoms with Crippen LogP contribution >= 0.6 is 0 Å². The summed E-state index contributed by atoms with van der Waals surface area (Å²) in [7, 11) is 1.50. The molecule has 6 heteroatoms. The number of ether oxygens (including phenoxy) is 1. The standard InChI is InChI=1S/C13H16F4O2/c1-8(5-6-19-2)12(18)9-3-4-11(14)10(7-9)13(15,16)17/h3-4,7-8,12,18H,5-6H2,1-2H3. The van der Waals surface area contributed by atoms with E-state index in [2.05, 4.69) is 0 Å². The highest BCUT2D eigenvalue weighted by Crippen LogP contribution is 2.34. The number of rotatable bonds is 5. The zero-order valence-corrected chi connectivity index (χ0v) is 10.7. The highest BCUT2D eigenvalue weighted by Gasteiger charge is 2.34. The van der Waals surface area contributed by atoms with Crippen molar-refractivity contribution in [1.29, 1.82) is 0 Å². The first kappa shape index (κ1) is 15.9. The Morgan fingerprint density at radius 1 is 1.32 bits per heavy atom. The van der Waals surface area contributed by atoms with Crippen LogP contribution in [-0.2, 0) is 10.9 Å². The molecule has 1 aromatic rings. The van der Waals surface area contributed by atoms with Gasteiger partial charge in [0.15, 0.2) is 0 Å². The van der Waals surface area contributed by atoms with Crippen LogP contribution < -0.4 is 0 Å². The van der Waals surface area contributed by atoms with E-state index < -0.39 is 23.7 Å². The molecule has 0 spiro atoms. The van der Waals surface area contributed by atoms with E-state index in [1.807, 2.05) is 0 Å². The first-order chi connectivity index (χ1) is 8.77. The summed E-state index contributed by atoms with van der Waals surface area (Å²) in [5, 5.41) is 9.95. The lowest BCUT2D eigenvalue weighted by molar-refractivity contribution is -0.140. The summed E-state index contributed by atoms with van der Waals surface area (Å²) in [5.74, 6) is -1.63. The summed E-state index contributed by atoms with van der Waals surface area (Å²) in [6.45, 7) is 2.09. The van der Waals surface area contributed by atoms with E-state index in [1.54, 1.807) is 6.92 Å². The molecule has 0 radical (unpaired) electrons. The van der Waals surface area contributed by atoms with Gasteiger partial charge in [-0.05, 0) is 30.0 Å². The molecule has 0 heterocycles. The molecule has 0 aliphatic rings. The molecule has 0 saturated carbocycles. The summed E-state index contributed by atoms with van der Waals surface area (Å²) < 4.78 is 55.6. The number of aliphatic hydroxyl groups excluding tert-OH is 1. The molecule has 0 saturated heterocycles. The van der Waals surface area contributed by atoms with E-state index in [0.29, 0.717) is 19.1 Å². The van der Waals surface area contributed by atoms with Gasteiger partial charge in [-0.3, -0.25) is 0 Å². The largest absolute Gasteiger partial charge is 0.419 e. The Kier molecular flexibility index (Phi) is 5.31. The molecule has 1 aromatic carbocycles. The number of hydrogen-bond acceptors (Lipinski definition) is 2. The quantitative estimate of drug-likeness (QED) is 0.836. The highest BCUT2D eigenvalue weighted by atomic mass is 19.4. The van der Waals surface area contributed by atoms with Gasteiger partial charge in [0.05, 0.1) is 11.7 Å². The van der Waals surface area contributed by atoms with Gasteiger partial charge in [0.1, 0.15) is 5.82 Å². The Labute approximate surface area is 109 Å². The average Bonchev–Trinajstić information content (AvgIpc) is 2.34. The fourth-order valence-corrected chi connectivity index (χ4v) is 1.73. The molecular weight excluding hydrogens is 264 g/mol. The third-order valence-corrected chi connectivity index (χ3v) is 2.95. The number of alkyl halides is 3. The minimum Gasteiger partial charge on any atom is -0.388 e. The van der Waals surface area contributed by atoms with Crippen molar-refractivity contribution < 1.29 is 27.4 Å². The topological polar surface area (TPSA) is 29.5 Å². The van der Waals surface area contributed by atoms with E-state index in [1.165, 1.54) is 13.2 Å². The average molecular weight is 280 g/mol. The zero-order chi connectivity index (χ0) is 14.6. The molecule has 0 aromatic heterocycles. The van der Waals surface area contributed by atoms with Gasteiger partial charge in [-0.15, -0.1) is 0 Å². The second kappa shape index (κ2) is 6.34. The second-order valence-electron chi connectivity index (χ2n) is 4.44. The van der Waals surface area contributed by atoms with Crippen LogP contribution in [0, 0.1) is 11.7 Å². The van der Waals surface area contributed by atoms with E-state index in [0.717, 1.165) is 6.07 Å². The van der Waals surface area contributed by atoms with Gasteiger partial charge < -0.3 is 9.84 Å². The Morgan fingerprint density at radius 2 is 1.95 bits per heavy atom. The summed E-state index contributed by atoms with van der Waals surface area (Å²) >= 11 is 0. The van der Waals surface area contributed by atoms with Gasteiger partial charge in [0, 0.05) is 13.7 Å². The molecule has 19 heavy (non-hydrogen) atoms. The van der Waals surface area contributed by atoms with Crippen molar-refractivity contribution in [3.8, 4) is 0 Å². The van der Waals surface area contributed by atoms with Gasteiger partial charge in [0.25, 0.3) is 0 Å². The third kappa shape index (κ3) is 4.18. The van der Waals surface area contributed by atoms with Gasteiger partial charge >= 0.3 is 6.18 Å². The van der Waals surface area contributed by atoms with E-state index in [4.69, 9.17) is 4.74 Å². The van der Waals surface area contributed by atoms with Crippen LogP contribution in [0.25, 0.3) is 0 Å². The van der Waals surface area contributed by atoms with Crippen LogP contribution in [0.5, 0.6) is 0 Å².